The molecule has 0 aromatic rings. The Morgan fingerprint density at radius 2 is 1.86 bits per heavy atom. The van der Waals surface area contributed by atoms with Gasteiger partial charge in [0.15, 0.2) is 0 Å². The van der Waals surface area contributed by atoms with Crippen LogP contribution in [0.1, 0.15) is 57.8 Å². The lowest BCUT2D eigenvalue weighted by Gasteiger charge is -2.16. The Labute approximate surface area is 88.7 Å². The Hall–Kier alpha value is -0.0400. The van der Waals surface area contributed by atoms with Crippen molar-refractivity contribution in [1.29, 1.82) is 0 Å². The van der Waals surface area contributed by atoms with Crippen LogP contribution in [-0.4, -0.2) is 13.1 Å². The molecule has 1 heteroatoms. The van der Waals surface area contributed by atoms with Crippen molar-refractivity contribution in [2.75, 3.05) is 7.05 Å². The maximum absolute atomic E-state index is 3.49. The molecule has 0 radical (unpaired) electrons. The highest BCUT2D eigenvalue weighted by molar-refractivity contribution is 4.85. The topological polar surface area (TPSA) is 12.0 Å². The summed E-state index contributed by atoms with van der Waals surface area (Å²) in [4.78, 5) is 0. The first-order valence-electron chi connectivity index (χ1n) is 6.57. The van der Waals surface area contributed by atoms with E-state index in [0.717, 1.165) is 17.9 Å². The lowest BCUT2D eigenvalue weighted by atomic mass is 9.97. The van der Waals surface area contributed by atoms with E-state index in [1.807, 2.05) is 0 Å². The van der Waals surface area contributed by atoms with Gasteiger partial charge < -0.3 is 5.32 Å². The molecule has 0 aromatic carbocycles. The summed E-state index contributed by atoms with van der Waals surface area (Å²) in [5.41, 5.74) is 0. The average molecular weight is 195 g/mol. The highest BCUT2D eigenvalue weighted by Crippen LogP contribution is 2.35. The van der Waals surface area contributed by atoms with Crippen LogP contribution in [0, 0.1) is 11.8 Å². The SMILES string of the molecule is CNC(CCCC1CCCC1)C1CC1. The molecular weight excluding hydrogens is 170 g/mol. The van der Waals surface area contributed by atoms with Crippen molar-refractivity contribution >= 4 is 0 Å². The summed E-state index contributed by atoms with van der Waals surface area (Å²) in [5, 5.41) is 3.49. The van der Waals surface area contributed by atoms with Crippen molar-refractivity contribution < 1.29 is 0 Å². The van der Waals surface area contributed by atoms with Gasteiger partial charge in [-0.25, -0.2) is 0 Å². The zero-order chi connectivity index (χ0) is 9.80. The molecular formula is C13H25N. The van der Waals surface area contributed by atoms with Crippen molar-refractivity contribution in [3.8, 4) is 0 Å². The monoisotopic (exact) mass is 195 g/mol. The van der Waals surface area contributed by atoms with Crippen LogP contribution in [0.5, 0.6) is 0 Å². The van der Waals surface area contributed by atoms with E-state index in [0.29, 0.717) is 0 Å². The van der Waals surface area contributed by atoms with Gasteiger partial charge in [-0.15, -0.1) is 0 Å². The molecule has 1 nitrogen and oxygen atoms in total. The Kier molecular flexibility index (Phi) is 3.86. The van der Waals surface area contributed by atoms with Gasteiger partial charge in [0.25, 0.3) is 0 Å². The van der Waals surface area contributed by atoms with E-state index in [9.17, 15) is 0 Å². The molecule has 1 atom stereocenters. The molecule has 2 aliphatic rings. The summed E-state index contributed by atoms with van der Waals surface area (Å²) in [6.07, 6.45) is 13.4. The van der Waals surface area contributed by atoms with E-state index in [1.54, 1.807) is 0 Å². The van der Waals surface area contributed by atoms with Crippen LogP contribution in [0.2, 0.25) is 0 Å². The largest absolute Gasteiger partial charge is 0.317 e. The van der Waals surface area contributed by atoms with E-state index in [1.165, 1.54) is 57.8 Å². The lowest BCUT2D eigenvalue weighted by Crippen LogP contribution is -2.27. The molecule has 0 heterocycles. The maximum atomic E-state index is 3.49. The van der Waals surface area contributed by atoms with Gasteiger partial charge in [-0.05, 0) is 38.1 Å². The highest BCUT2D eigenvalue weighted by Gasteiger charge is 2.29. The van der Waals surface area contributed by atoms with Crippen molar-refractivity contribution in [3.63, 3.8) is 0 Å². The van der Waals surface area contributed by atoms with E-state index in [4.69, 9.17) is 0 Å². The fourth-order valence-electron chi connectivity index (χ4n) is 3.04. The molecule has 14 heavy (non-hydrogen) atoms. The molecule has 2 fully saturated rings. The molecule has 0 bridgehead atoms. The molecule has 0 saturated heterocycles. The van der Waals surface area contributed by atoms with E-state index in [2.05, 4.69) is 12.4 Å². The minimum atomic E-state index is 0.844. The van der Waals surface area contributed by atoms with Crippen LogP contribution in [0.25, 0.3) is 0 Å². The van der Waals surface area contributed by atoms with Gasteiger partial charge in [0.1, 0.15) is 0 Å². The van der Waals surface area contributed by atoms with Crippen molar-refractivity contribution in [1.82, 2.24) is 5.32 Å². The van der Waals surface area contributed by atoms with Crippen molar-refractivity contribution in [2.24, 2.45) is 11.8 Å². The summed E-state index contributed by atoms with van der Waals surface area (Å²) in [6.45, 7) is 0. The van der Waals surface area contributed by atoms with Crippen LogP contribution in [0.15, 0.2) is 0 Å². The van der Waals surface area contributed by atoms with E-state index >= 15 is 0 Å². The number of rotatable bonds is 6. The third-order valence-electron chi connectivity index (χ3n) is 4.16. The molecule has 2 rings (SSSR count). The summed E-state index contributed by atoms with van der Waals surface area (Å²) in [6, 6.07) is 0.844. The quantitative estimate of drug-likeness (QED) is 0.685. The Bertz CT molecular complexity index is 157. The van der Waals surface area contributed by atoms with E-state index in [-0.39, 0.29) is 0 Å². The predicted octanol–water partition coefficient (Wildman–Crippen LogP) is 3.34. The van der Waals surface area contributed by atoms with E-state index < -0.39 is 0 Å². The summed E-state index contributed by atoms with van der Waals surface area (Å²) in [7, 11) is 2.14. The first kappa shape index (κ1) is 10.5. The first-order chi connectivity index (χ1) is 6.90. The summed E-state index contributed by atoms with van der Waals surface area (Å²) in [5.74, 6) is 2.12. The smallest absolute Gasteiger partial charge is 0.00923 e. The van der Waals surface area contributed by atoms with Gasteiger partial charge in [0, 0.05) is 6.04 Å². The fourth-order valence-corrected chi connectivity index (χ4v) is 3.04. The highest BCUT2D eigenvalue weighted by atomic mass is 14.9. The van der Waals surface area contributed by atoms with Gasteiger partial charge in [-0.3, -0.25) is 0 Å². The van der Waals surface area contributed by atoms with Crippen LogP contribution in [0.3, 0.4) is 0 Å². The zero-order valence-electron chi connectivity index (χ0n) is 9.60. The second kappa shape index (κ2) is 5.16. The maximum Gasteiger partial charge on any atom is 0.00923 e. The molecule has 82 valence electrons. The van der Waals surface area contributed by atoms with Gasteiger partial charge in [0.05, 0.1) is 0 Å². The van der Waals surface area contributed by atoms with Crippen LogP contribution < -0.4 is 5.32 Å². The molecule has 0 aliphatic heterocycles. The van der Waals surface area contributed by atoms with Crippen LogP contribution in [-0.2, 0) is 0 Å². The van der Waals surface area contributed by atoms with Gasteiger partial charge in [0.2, 0.25) is 0 Å². The normalized spacial score (nSPS) is 25.5. The lowest BCUT2D eigenvalue weighted by molar-refractivity contribution is 0.408. The Balaban J connectivity index is 1.56. The minimum absolute atomic E-state index is 0.844. The van der Waals surface area contributed by atoms with Gasteiger partial charge in [-0.2, -0.15) is 0 Å². The van der Waals surface area contributed by atoms with Crippen LogP contribution >= 0.6 is 0 Å². The third kappa shape index (κ3) is 2.98. The zero-order valence-corrected chi connectivity index (χ0v) is 9.60. The predicted molar refractivity (Wildman–Crippen MR) is 61.4 cm³/mol. The summed E-state index contributed by atoms with van der Waals surface area (Å²) < 4.78 is 0. The first-order valence-corrected chi connectivity index (χ1v) is 6.57. The fraction of sp³-hybridized carbons (Fsp3) is 1.00. The second-order valence-electron chi connectivity index (χ2n) is 5.31. The van der Waals surface area contributed by atoms with Crippen molar-refractivity contribution in [3.05, 3.63) is 0 Å². The molecule has 0 aromatic heterocycles. The average Bonchev–Trinajstić information content (AvgIpc) is 2.91. The van der Waals surface area contributed by atoms with Gasteiger partial charge in [-0.1, -0.05) is 38.5 Å². The summed E-state index contributed by atoms with van der Waals surface area (Å²) >= 11 is 0. The molecule has 1 N–H and O–H groups in total. The third-order valence-corrected chi connectivity index (χ3v) is 4.16. The molecule has 0 amide bonds. The van der Waals surface area contributed by atoms with Gasteiger partial charge >= 0.3 is 0 Å². The Morgan fingerprint density at radius 1 is 1.14 bits per heavy atom. The molecule has 2 saturated carbocycles. The second-order valence-corrected chi connectivity index (χ2v) is 5.31. The van der Waals surface area contributed by atoms with Crippen molar-refractivity contribution in [2.45, 2.75) is 63.8 Å². The molecule has 2 aliphatic carbocycles. The minimum Gasteiger partial charge on any atom is -0.317 e. The number of hydrogen-bond acceptors (Lipinski definition) is 1. The Morgan fingerprint density at radius 3 is 2.43 bits per heavy atom. The number of nitrogens with one attached hydrogen (secondary N) is 1. The van der Waals surface area contributed by atoms with Crippen LogP contribution in [0.4, 0.5) is 0 Å². The molecule has 1 unspecified atom stereocenters. The number of hydrogen-bond donors (Lipinski definition) is 1. The molecule has 0 spiro atoms. The standard InChI is InChI=1S/C13H25N/c1-14-13(12-9-10-12)8-4-7-11-5-2-3-6-11/h11-14H,2-10H2,1H3.